The second kappa shape index (κ2) is 8.72. The number of halogens is 2. The summed E-state index contributed by atoms with van der Waals surface area (Å²) in [6.45, 7) is -0.770. The molecule has 0 saturated carbocycles. The van der Waals surface area contributed by atoms with Crippen LogP contribution in [0.15, 0.2) is 24.3 Å². The minimum Gasteiger partial charge on any atom is -0.433 e. The highest BCUT2D eigenvalue weighted by Gasteiger charge is 2.11. The minimum absolute atomic E-state index is 0.0873. The molecule has 0 bridgehead atoms. The summed E-state index contributed by atoms with van der Waals surface area (Å²) in [6.07, 6.45) is 0.788. The molecule has 0 heterocycles. The maximum absolute atomic E-state index is 12.2. The van der Waals surface area contributed by atoms with Crippen LogP contribution in [0, 0.1) is 0 Å². The van der Waals surface area contributed by atoms with E-state index in [2.05, 4.69) is 20.7 Å². The van der Waals surface area contributed by atoms with Crippen molar-refractivity contribution in [3.8, 4) is 5.75 Å². The molecule has 0 saturated heterocycles. The number of nitrogens with one attached hydrogen (secondary N) is 3. The summed E-state index contributed by atoms with van der Waals surface area (Å²) in [7, 11) is 0. The van der Waals surface area contributed by atoms with Gasteiger partial charge in [-0.05, 0) is 18.6 Å². The van der Waals surface area contributed by atoms with Gasteiger partial charge in [-0.2, -0.15) is 8.78 Å². The van der Waals surface area contributed by atoms with Gasteiger partial charge in [0, 0.05) is 6.54 Å². The van der Waals surface area contributed by atoms with E-state index in [1.807, 2.05) is 6.92 Å². The topological polar surface area (TPSA) is 79.5 Å². The van der Waals surface area contributed by atoms with E-state index in [1.165, 1.54) is 18.2 Å². The lowest BCUT2D eigenvalue weighted by molar-refractivity contribution is -0.120. The van der Waals surface area contributed by atoms with Crippen molar-refractivity contribution in [2.75, 3.05) is 18.4 Å². The molecule has 1 aromatic rings. The largest absolute Gasteiger partial charge is 0.433 e. The van der Waals surface area contributed by atoms with Gasteiger partial charge in [-0.25, -0.2) is 4.79 Å². The number of carbonyl (C=O) groups excluding carboxylic acids is 2. The third kappa shape index (κ3) is 6.55. The monoisotopic (exact) mass is 301 g/mol. The average Bonchev–Trinajstić information content (AvgIpc) is 2.44. The number of ether oxygens (including phenoxy) is 1. The molecule has 116 valence electrons. The number of carbonyl (C=O) groups is 2. The van der Waals surface area contributed by atoms with Gasteiger partial charge in [0.2, 0.25) is 5.91 Å². The van der Waals surface area contributed by atoms with Crippen LogP contribution in [-0.2, 0) is 4.79 Å². The number of alkyl halides is 2. The van der Waals surface area contributed by atoms with E-state index in [1.54, 1.807) is 6.07 Å². The van der Waals surface area contributed by atoms with Crippen LogP contribution >= 0.6 is 0 Å². The molecule has 3 N–H and O–H groups in total. The van der Waals surface area contributed by atoms with Gasteiger partial charge in [-0.1, -0.05) is 19.1 Å². The number of benzene rings is 1. The Labute approximate surface area is 120 Å². The Morgan fingerprint density at radius 2 is 1.95 bits per heavy atom. The number of hydrogen-bond donors (Lipinski definition) is 3. The van der Waals surface area contributed by atoms with Crippen molar-refractivity contribution in [1.82, 2.24) is 10.6 Å². The van der Waals surface area contributed by atoms with E-state index in [4.69, 9.17) is 0 Å². The third-order valence-corrected chi connectivity index (χ3v) is 2.33. The van der Waals surface area contributed by atoms with E-state index in [0.717, 1.165) is 6.42 Å². The summed E-state index contributed by atoms with van der Waals surface area (Å²) in [5, 5.41) is 7.24. The van der Waals surface area contributed by atoms with Crippen LogP contribution in [-0.4, -0.2) is 31.6 Å². The smallest absolute Gasteiger partial charge is 0.387 e. The first kappa shape index (κ1) is 16.7. The number of hydrogen-bond acceptors (Lipinski definition) is 3. The highest BCUT2D eigenvalue weighted by Crippen LogP contribution is 2.25. The lowest BCUT2D eigenvalue weighted by atomic mass is 10.3. The van der Waals surface area contributed by atoms with Crippen LogP contribution in [0.3, 0.4) is 0 Å². The highest BCUT2D eigenvalue weighted by atomic mass is 19.3. The van der Waals surface area contributed by atoms with Crippen LogP contribution < -0.4 is 20.7 Å². The van der Waals surface area contributed by atoms with Crippen molar-refractivity contribution in [3.05, 3.63) is 24.3 Å². The number of urea groups is 1. The molecular weight excluding hydrogens is 284 g/mol. The molecule has 0 aliphatic rings. The lowest BCUT2D eigenvalue weighted by Crippen LogP contribution is -2.39. The fourth-order valence-corrected chi connectivity index (χ4v) is 1.42. The number of rotatable bonds is 7. The normalized spacial score (nSPS) is 10.1. The van der Waals surface area contributed by atoms with Gasteiger partial charge in [0.1, 0.15) is 5.75 Å². The van der Waals surface area contributed by atoms with Crippen LogP contribution in [0.2, 0.25) is 0 Å². The molecular formula is C13H17F2N3O3. The van der Waals surface area contributed by atoms with Gasteiger partial charge >= 0.3 is 12.6 Å². The van der Waals surface area contributed by atoms with Crippen molar-refractivity contribution in [3.63, 3.8) is 0 Å². The Kier molecular flexibility index (Phi) is 6.93. The summed E-state index contributed by atoms with van der Waals surface area (Å²) in [4.78, 5) is 22.9. The zero-order valence-corrected chi connectivity index (χ0v) is 11.5. The predicted molar refractivity (Wildman–Crippen MR) is 73.4 cm³/mol. The fourth-order valence-electron chi connectivity index (χ4n) is 1.42. The summed E-state index contributed by atoms with van der Waals surface area (Å²) in [5.74, 6) is -0.484. The first-order chi connectivity index (χ1) is 10.0. The van der Waals surface area contributed by atoms with Crippen LogP contribution in [0.4, 0.5) is 19.3 Å². The summed E-state index contributed by atoms with van der Waals surface area (Å²) >= 11 is 0. The van der Waals surface area contributed by atoms with Crippen LogP contribution in [0.1, 0.15) is 13.3 Å². The predicted octanol–water partition coefficient (Wildman–Crippen LogP) is 1.94. The van der Waals surface area contributed by atoms with E-state index >= 15 is 0 Å². The molecule has 0 unspecified atom stereocenters. The Hall–Kier alpha value is -2.38. The Morgan fingerprint density at radius 3 is 2.62 bits per heavy atom. The molecule has 0 aromatic heterocycles. The number of para-hydroxylation sites is 2. The SMILES string of the molecule is CCCNC(=O)CNC(=O)Nc1ccccc1OC(F)F. The highest BCUT2D eigenvalue weighted by molar-refractivity contribution is 5.93. The molecule has 0 spiro atoms. The minimum atomic E-state index is -2.99. The molecule has 1 rings (SSSR count). The van der Waals surface area contributed by atoms with Gasteiger partial charge in [-0.3, -0.25) is 4.79 Å². The molecule has 8 heteroatoms. The van der Waals surface area contributed by atoms with Gasteiger partial charge in [0.25, 0.3) is 0 Å². The van der Waals surface area contributed by atoms with Crippen LogP contribution in [0.5, 0.6) is 5.75 Å². The standard InChI is InChI=1S/C13H17F2N3O3/c1-2-7-16-11(19)8-17-13(20)18-9-5-3-4-6-10(9)21-12(14)15/h3-6,12H,2,7-8H2,1H3,(H,16,19)(H2,17,18,20). The van der Waals surface area contributed by atoms with E-state index in [-0.39, 0.29) is 23.9 Å². The maximum atomic E-state index is 12.2. The molecule has 6 nitrogen and oxygen atoms in total. The molecule has 3 amide bonds. The number of amides is 3. The van der Waals surface area contributed by atoms with Crippen molar-refractivity contribution >= 4 is 17.6 Å². The molecule has 21 heavy (non-hydrogen) atoms. The maximum Gasteiger partial charge on any atom is 0.387 e. The first-order valence-electron chi connectivity index (χ1n) is 6.38. The number of anilines is 1. The Balaban J connectivity index is 2.49. The molecule has 0 radical (unpaired) electrons. The van der Waals surface area contributed by atoms with E-state index in [0.29, 0.717) is 6.54 Å². The Bertz CT molecular complexity index is 483. The molecule has 1 aromatic carbocycles. The van der Waals surface area contributed by atoms with Crippen molar-refractivity contribution in [1.29, 1.82) is 0 Å². The quantitative estimate of drug-likeness (QED) is 0.720. The van der Waals surface area contributed by atoms with Crippen molar-refractivity contribution < 1.29 is 23.1 Å². The third-order valence-electron chi connectivity index (χ3n) is 2.33. The second-order valence-electron chi connectivity index (χ2n) is 4.03. The van der Waals surface area contributed by atoms with Gasteiger partial charge in [-0.15, -0.1) is 0 Å². The summed E-state index contributed by atoms with van der Waals surface area (Å²) < 4.78 is 28.7. The van der Waals surface area contributed by atoms with Gasteiger partial charge < -0.3 is 20.7 Å². The summed E-state index contributed by atoms with van der Waals surface area (Å²) in [6, 6.07) is 5.08. The van der Waals surface area contributed by atoms with Gasteiger partial charge in [0.05, 0.1) is 12.2 Å². The van der Waals surface area contributed by atoms with Gasteiger partial charge in [0.15, 0.2) is 0 Å². The van der Waals surface area contributed by atoms with Crippen molar-refractivity contribution in [2.24, 2.45) is 0 Å². The molecule has 0 aliphatic carbocycles. The molecule has 0 aliphatic heterocycles. The average molecular weight is 301 g/mol. The first-order valence-corrected chi connectivity index (χ1v) is 6.38. The van der Waals surface area contributed by atoms with Crippen molar-refractivity contribution in [2.45, 2.75) is 20.0 Å². The summed E-state index contributed by atoms with van der Waals surface area (Å²) in [5.41, 5.74) is 0.0873. The zero-order chi connectivity index (χ0) is 15.7. The fraction of sp³-hybridized carbons (Fsp3) is 0.385. The van der Waals surface area contributed by atoms with E-state index < -0.39 is 12.6 Å². The zero-order valence-electron chi connectivity index (χ0n) is 11.5. The van der Waals surface area contributed by atoms with E-state index in [9.17, 15) is 18.4 Å². The molecule has 0 atom stereocenters. The second-order valence-corrected chi connectivity index (χ2v) is 4.03. The van der Waals surface area contributed by atoms with Crippen LogP contribution in [0.25, 0.3) is 0 Å². The lowest BCUT2D eigenvalue weighted by Gasteiger charge is -2.12. The molecule has 0 fully saturated rings. The Morgan fingerprint density at radius 1 is 1.24 bits per heavy atom.